The van der Waals surface area contributed by atoms with Gasteiger partial charge in [-0.05, 0) is 77.0 Å². The minimum Gasteiger partial charge on any atom is -0.462 e. The highest BCUT2D eigenvalue weighted by Gasteiger charge is 2.19. The van der Waals surface area contributed by atoms with E-state index in [0.29, 0.717) is 19.3 Å². The maximum absolute atomic E-state index is 12.7. The molecule has 58 heavy (non-hydrogen) atoms. The Morgan fingerprint density at radius 3 is 1.03 bits per heavy atom. The molecule has 0 saturated carbocycles. The largest absolute Gasteiger partial charge is 0.462 e. The van der Waals surface area contributed by atoms with Crippen LogP contribution in [-0.2, 0) is 28.6 Å². The molecule has 0 aromatic carbocycles. The van der Waals surface area contributed by atoms with Gasteiger partial charge in [0.2, 0.25) is 0 Å². The minimum atomic E-state index is -0.782. The molecule has 0 aliphatic carbocycles. The number of rotatable bonds is 44. The molecular weight excluding hydrogens is 721 g/mol. The fourth-order valence-corrected chi connectivity index (χ4v) is 6.78. The number of hydrogen-bond donors (Lipinski definition) is 0. The summed E-state index contributed by atoms with van der Waals surface area (Å²) in [5, 5.41) is 0. The van der Waals surface area contributed by atoms with Gasteiger partial charge < -0.3 is 14.2 Å². The average molecular weight is 813 g/mol. The molecule has 336 valence electrons. The molecule has 1 atom stereocenters. The van der Waals surface area contributed by atoms with E-state index in [4.69, 9.17) is 14.2 Å². The highest BCUT2D eigenvalue weighted by atomic mass is 16.6. The van der Waals surface area contributed by atoms with Gasteiger partial charge >= 0.3 is 17.9 Å². The van der Waals surface area contributed by atoms with Gasteiger partial charge in [0.25, 0.3) is 0 Å². The second kappa shape index (κ2) is 47.1. The Kier molecular flexibility index (Phi) is 44.9. The average Bonchev–Trinajstić information content (AvgIpc) is 3.22. The van der Waals surface area contributed by atoms with Crippen molar-refractivity contribution >= 4 is 17.9 Å². The maximum Gasteiger partial charge on any atom is 0.306 e. The first-order chi connectivity index (χ1) is 28.5. The molecule has 0 rings (SSSR count). The van der Waals surface area contributed by atoms with Crippen molar-refractivity contribution in [3.8, 4) is 0 Å². The van der Waals surface area contributed by atoms with E-state index in [9.17, 15) is 14.4 Å². The Morgan fingerprint density at radius 1 is 0.345 bits per heavy atom. The lowest BCUT2D eigenvalue weighted by atomic mass is 10.1. The molecule has 0 unspecified atom stereocenters. The van der Waals surface area contributed by atoms with Crippen molar-refractivity contribution in [2.24, 2.45) is 0 Å². The van der Waals surface area contributed by atoms with Crippen LogP contribution in [0.1, 0.15) is 245 Å². The van der Waals surface area contributed by atoms with Crippen LogP contribution in [0.15, 0.2) is 48.6 Å². The zero-order valence-corrected chi connectivity index (χ0v) is 38.3. The van der Waals surface area contributed by atoms with E-state index in [2.05, 4.69) is 69.4 Å². The highest BCUT2D eigenvalue weighted by Crippen LogP contribution is 2.14. The molecule has 0 N–H and O–H groups in total. The molecule has 0 aromatic heterocycles. The Hall–Kier alpha value is -2.63. The van der Waals surface area contributed by atoms with Crippen LogP contribution in [0.5, 0.6) is 0 Å². The normalized spacial score (nSPS) is 12.4. The topological polar surface area (TPSA) is 78.9 Å². The fourth-order valence-electron chi connectivity index (χ4n) is 6.78. The maximum atomic E-state index is 12.7. The lowest BCUT2D eigenvalue weighted by Gasteiger charge is -2.18. The zero-order valence-electron chi connectivity index (χ0n) is 38.3. The van der Waals surface area contributed by atoms with E-state index in [1.807, 2.05) is 0 Å². The summed E-state index contributed by atoms with van der Waals surface area (Å²) in [5.74, 6) is -0.907. The first kappa shape index (κ1) is 55.4. The summed E-state index contributed by atoms with van der Waals surface area (Å²) in [4.78, 5) is 37.8. The van der Waals surface area contributed by atoms with Gasteiger partial charge in [-0.3, -0.25) is 14.4 Å². The van der Waals surface area contributed by atoms with Crippen LogP contribution in [0.2, 0.25) is 0 Å². The van der Waals surface area contributed by atoms with Gasteiger partial charge in [0.15, 0.2) is 6.10 Å². The molecule has 0 saturated heterocycles. The number of allylic oxidation sites excluding steroid dienone is 8. The molecule has 0 fully saturated rings. The van der Waals surface area contributed by atoms with Gasteiger partial charge in [-0.1, -0.05) is 198 Å². The molecule has 0 aliphatic heterocycles. The zero-order chi connectivity index (χ0) is 42.3. The Bertz CT molecular complexity index is 1030. The number of unbranched alkanes of at least 4 members (excludes halogenated alkanes) is 25. The number of hydrogen-bond acceptors (Lipinski definition) is 6. The SMILES string of the molecule is CCCC/C=C\C/C=C\CCCCCCCC(=O)O[C@@H](COC(=O)CCCCCCC/C=C\C/C=C\CCCCC)COC(=O)CCCCCCCCCCCCC. The van der Waals surface area contributed by atoms with Crippen molar-refractivity contribution in [3.05, 3.63) is 48.6 Å². The summed E-state index contributed by atoms with van der Waals surface area (Å²) in [6.07, 6.45) is 55.1. The standard InChI is InChI=1S/C52H92O6/c1-4-7-10-13-16-19-22-24-26-28-30-33-36-39-42-45-51(54)57-48-49(47-56-50(53)44-41-38-35-32-29-21-18-15-12-9-6-3)58-52(55)46-43-40-37-34-31-27-25-23-20-17-14-11-8-5-2/h14,16-17,19,23-26,49H,4-13,15,18,20-22,27-48H2,1-3H3/b17-14-,19-16-,25-23-,26-24-/t49-/m1/s1. The van der Waals surface area contributed by atoms with Crippen LogP contribution in [0.4, 0.5) is 0 Å². The Labute approximate surface area is 358 Å². The molecular formula is C52H92O6. The Morgan fingerprint density at radius 2 is 0.638 bits per heavy atom. The van der Waals surface area contributed by atoms with Crippen molar-refractivity contribution in [1.29, 1.82) is 0 Å². The molecule has 0 spiro atoms. The van der Waals surface area contributed by atoms with Crippen molar-refractivity contribution in [3.63, 3.8) is 0 Å². The van der Waals surface area contributed by atoms with Crippen LogP contribution in [0, 0.1) is 0 Å². The molecule has 6 nitrogen and oxygen atoms in total. The second-order valence-corrected chi connectivity index (χ2v) is 16.4. The molecule has 0 amide bonds. The minimum absolute atomic E-state index is 0.0817. The first-order valence-electron chi connectivity index (χ1n) is 24.6. The summed E-state index contributed by atoms with van der Waals surface area (Å²) >= 11 is 0. The van der Waals surface area contributed by atoms with Crippen LogP contribution in [0.3, 0.4) is 0 Å². The number of carbonyl (C=O) groups excluding carboxylic acids is 3. The van der Waals surface area contributed by atoms with Crippen molar-refractivity contribution < 1.29 is 28.6 Å². The number of esters is 3. The molecule has 0 aromatic rings. The first-order valence-corrected chi connectivity index (χ1v) is 24.6. The monoisotopic (exact) mass is 813 g/mol. The van der Waals surface area contributed by atoms with Gasteiger partial charge in [-0.15, -0.1) is 0 Å². The lowest BCUT2D eigenvalue weighted by Crippen LogP contribution is -2.30. The lowest BCUT2D eigenvalue weighted by molar-refractivity contribution is -0.167. The van der Waals surface area contributed by atoms with E-state index >= 15 is 0 Å². The van der Waals surface area contributed by atoms with Gasteiger partial charge in [0.05, 0.1) is 0 Å². The summed E-state index contributed by atoms with van der Waals surface area (Å²) < 4.78 is 16.7. The van der Waals surface area contributed by atoms with E-state index in [1.54, 1.807) is 0 Å². The summed E-state index contributed by atoms with van der Waals surface area (Å²) in [5.41, 5.74) is 0. The highest BCUT2D eigenvalue weighted by molar-refractivity contribution is 5.71. The van der Waals surface area contributed by atoms with Crippen molar-refractivity contribution in [2.75, 3.05) is 13.2 Å². The van der Waals surface area contributed by atoms with Crippen LogP contribution in [-0.4, -0.2) is 37.2 Å². The van der Waals surface area contributed by atoms with Crippen LogP contribution < -0.4 is 0 Å². The third kappa shape index (κ3) is 44.5. The van der Waals surface area contributed by atoms with Crippen LogP contribution >= 0.6 is 0 Å². The van der Waals surface area contributed by atoms with E-state index in [0.717, 1.165) is 103 Å². The molecule has 0 heterocycles. The quantitative estimate of drug-likeness (QED) is 0.0264. The third-order valence-corrected chi connectivity index (χ3v) is 10.6. The van der Waals surface area contributed by atoms with Gasteiger partial charge in [0, 0.05) is 19.3 Å². The fraction of sp³-hybridized carbons (Fsp3) is 0.788. The van der Waals surface area contributed by atoms with E-state index < -0.39 is 6.10 Å². The number of carbonyl (C=O) groups is 3. The summed E-state index contributed by atoms with van der Waals surface area (Å²) in [6, 6.07) is 0. The predicted octanol–water partition coefficient (Wildman–Crippen LogP) is 15.9. The van der Waals surface area contributed by atoms with Gasteiger partial charge in [-0.25, -0.2) is 0 Å². The van der Waals surface area contributed by atoms with E-state index in [1.165, 1.54) is 103 Å². The predicted molar refractivity (Wildman–Crippen MR) is 247 cm³/mol. The van der Waals surface area contributed by atoms with Gasteiger partial charge in [-0.2, -0.15) is 0 Å². The van der Waals surface area contributed by atoms with Crippen LogP contribution in [0.25, 0.3) is 0 Å². The summed E-state index contributed by atoms with van der Waals surface area (Å²) in [7, 11) is 0. The third-order valence-electron chi connectivity index (χ3n) is 10.6. The second-order valence-electron chi connectivity index (χ2n) is 16.4. The van der Waals surface area contributed by atoms with E-state index in [-0.39, 0.29) is 31.1 Å². The summed E-state index contributed by atoms with van der Waals surface area (Å²) in [6.45, 7) is 6.54. The van der Waals surface area contributed by atoms with Gasteiger partial charge in [0.1, 0.15) is 13.2 Å². The molecule has 0 aliphatic rings. The van der Waals surface area contributed by atoms with Crippen molar-refractivity contribution in [2.45, 2.75) is 252 Å². The molecule has 0 radical (unpaired) electrons. The van der Waals surface area contributed by atoms with Crippen molar-refractivity contribution in [1.82, 2.24) is 0 Å². The number of ether oxygens (including phenoxy) is 3. The molecule has 6 heteroatoms. The Balaban J connectivity index is 4.41. The smallest absolute Gasteiger partial charge is 0.306 e. The molecule has 0 bridgehead atoms.